The van der Waals surface area contributed by atoms with E-state index in [1.54, 1.807) is 35.5 Å². The number of aromatic nitrogens is 1. The third-order valence-electron chi connectivity index (χ3n) is 8.44. The number of hydrogen-bond acceptors (Lipinski definition) is 5. The number of ether oxygens (including phenoxy) is 1. The van der Waals surface area contributed by atoms with Gasteiger partial charge in [0.1, 0.15) is 12.4 Å². The van der Waals surface area contributed by atoms with Crippen molar-refractivity contribution < 1.29 is 23.5 Å². The van der Waals surface area contributed by atoms with Crippen molar-refractivity contribution >= 4 is 23.4 Å². The lowest BCUT2D eigenvalue weighted by Gasteiger charge is -2.31. The van der Waals surface area contributed by atoms with Gasteiger partial charge < -0.3 is 9.64 Å². The Kier molecular flexibility index (Phi) is 6.13. The topological polar surface area (TPSA) is 79.8 Å². The number of Topliss-reactive ketones (excluding diaryl/α,β-unsaturated/α-hetero) is 1. The van der Waals surface area contributed by atoms with E-state index >= 15 is 0 Å². The molecule has 2 amide bonds. The Balaban J connectivity index is 1.20. The van der Waals surface area contributed by atoms with Crippen LogP contribution in [0.5, 0.6) is 0 Å². The van der Waals surface area contributed by atoms with Crippen LogP contribution in [-0.4, -0.2) is 57.3 Å². The maximum absolute atomic E-state index is 13.5. The molecule has 2 heterocycles. The van der Waals surface area contributed by atoms with Crippen molar-refractivity contribution in [1.82, 2.24) is 14.8 Å². The molecule has 3 fully saturated rings. The van der Waals surface area contributed by atoms with Crippen LogP contribution in [0.2, 0.25) is 0 Å². The van der Waals surface area contributed by atoms with Gasteiger partial charge in [-0.2, -0.15) is 0 Å². The van der Waals surface area contributed by atoms with Crippen LogP contribution < -0.4 is 0 Å². The highest BCUT2D eigenvalue weighted by atomic mass is 19.1. The molecule has 196 valence electrons. The van der Waals surface area contributed by atoms with E-state index in [-0.39, 0.29) is 42.6 Å². The quantitative estimate of drug-likeness (QED) is 0.541. The highest BCUT2D eigenvalue weighted by Gasteiger charge is 2.56. The predicted octanol–water partition coefficient (Wildman–Crippen LogP) is 4.54. The van der Waals surface area contributed by atoms with Gasteiger partial charge in [0.2, 0.25) is 5.91 Å². The summed E-state index contributed by atoms with van der Waals surface area (Å²) in [5.74, 6) is -0.353. The minimum absolute atomic E-state index is 0.0198. The Morgan fingerprint density at radius 1 is 1.13 bits per heavy atom. The normalized spacial score (nSPS) is 25.1. The van der Waals surface area contributed by atoms with Gasteiger partial charge in [-0.25, -0.2) is 9.18 Å². The number of nitrogens with zero attached hydrogens (tertiary/aromatic N) is 3. The molecule has 6 rings (SSSR count). The van der Waals surface area contributed by atoms with Gasteiger partial charge in [0, 0.05) is 36.5 Å². The number of ketones is 1. The number of rotatable bonds is 7. The number of allylic oxidation sites excluding steroid dienone is 3. The summed E-state index contributed by atoms with van der Waals surface area (Å²) in [5.41, 5.74) is 2.23. The van der Waals surface area contributed by atoms with Crippen molar-refractivity contribution in [2.45, 2.75) is 50.8 Å². The first-order valence-corrected chi connectivity index (χ1v) is 13.2. The molecule has 0 bridgehead atoms. The lowest BCUT2D eigenvalue weighted by atomic mass is 9.82. The second kappa shape index (κ2) is 9.49. The number of amides is 2. The molecule has 0 N–H and O–H groups in total. The Bertz CT molecular complexity index is 1340. The van der Waals surface area contributed by atoms with E-state index in [4.69, 9.17) is 4.74 Å². The summed E-state index contributed by atoms with van der Waals surface area (Å²) < 4.78 is 19.3. The van der Waals surface area contributed by atoms with Crippen molar-refractivity contribution in [1.29, 1.82) is 0 Å². The molecule has 38 heavy (non-hydrogen) atoms. The summed E-state index contributed by atoms with van der Waals surface area (Å²) in [6, 6.07) is 9.82. The molecule has 1 saturated heterocycles. The van der Waals surface area contributed by atoms with Gasteiger partial charge in [-0.15, -0.1) is 0 Å². The van der Waals surface area contributed by atoms with Crippen molar-refractivity contribution in [2.75, 3.05) is 13.1 Å². The van der Waals surface area contributed by atoms with Crippen LogP contribution in [0.3, 0.4) is 0 Å². The van der Waals surface area contributed by atoms with E-state index < -0.39 is 11.7 Å². The molecule has 8 heteroatoms. The highest BCUT2D eigenvalue weighted by Crippen LogP contribution is 2.49. The second-order valence-electron chi connectivity index (χ2n) is 10.8. The Morgan fingerprint density at radius 2 is 1.87 bits per heavy atom. The van der Waals surface area contributed by atoms with E-state index in [1.807, 2.05) is 25.1 Å². The minimum atomic E-state index is -0.887. The van der Waals surface area contributed by atoms with Crippen molar-refractivity contribution in [2.24, 2.45) is 11.8 Å². The number of hydrogen-bond donors (Lipinski definition) is 0. The largest absolute Gasteiger partial charge is 0.436 e. The molecule has 1 unspecified atom stereocenters. The fourth-order valence-corrected chi connectivity index (χ4v) is 6.12. The smallest absolute Gasteiger partial charge is 0.411 e. The molecule has 7 nitrogen and oxygen atoms in total. The van der Waals surface area contributed by atoms with Crippen LogP contribution in [0.4, 0.5) is 9.18 Å². The second-order valence-corrected chi connectivity index (χ2v) is 10.8. The number of carbonyl (C=O) groups is 3. The average molecular weight is 516 g/mol. The molecular formula is C30H30FN3O4. The van der Waals surface area contributed by atoms with Gasteiger partial charge in [-0.05, 0) is 79.5 Å². The maximum Gasteiger partial charge on any atom is 0.411 e. The van der Waals surface area contributed by atoms with Crippen LogP contribution in [0.25, 0.3) is 5.57 Å². The molecule has 3 atom stereocenters. The zero-order valence-electron chi connectivity index (χ0n) is 21.3. The van der Waals surface area contributed by atoms with Gasteiger partial charge in [0.05, 0.1) is 6.54 Å². The monoisotopic (exact) mass is 515 g/mol. The fraction of sp³-hybridized carbons (Fsp3) is 0.400. The molecule has 1 aromatic carbocycles. The maximum atomic E-state index is 13.5. The van der Waals surface area contributed by atoms with E-state index in [9.17, 15) is 18.8 Å². The number of pyridine rings is 1. The van der Waals surface area contributed by atoms with Crippen LogP contribution >= 0.6 is 0 Å². The number of halogens is 1. The van der Waals surface area contributed by atoms with Gasteiger partial charge >= 0.3 is 6.09 Å². The zero-order chi connectivity index (χ0) is 26.4. The fourth-order valence-electron chi connectivity index (χ4n) is 6.12. The van der Waals surface area contributed by atoms with E-state index in [2.05, 4.69) is 4.98 Å². The summed E-state index contributed by atoms with van der Waals surface area (Å²) in [6.07, 6.45) is 9.80. The summed E-state index contributed by atoms with van der Waals surface area (Å²) in [4.78, 5) is 47.2. The minimum Gasteiger partial charge on any atom is -0.436 e. The summed E-state index contributed by atoms with van der Waals surface area (Å²) in [7, 11) is 0. The highest BCUT2D eigenvalue weighted by molar-refractivity contribution is 6.24. The van der Waals surface area contributed by atoms with E-state index in [1.165, 1.54) is 17.0 Å². The molecule has 2 saturated carbocycles. The van der Waals surface area contributed by atoms with E-state index in [0.29, 0.717) is 30.9 Å². The lowest BCUT2D eigenvalue weighted by molar-refractivity contribution is -0.135. The summed E-state index contributed by atoms with van der Waals surface area (Å²) in [6.45, 7) is 2.54. The third kappa shape index (κ3) is 4.42. The van der Waals surface area contributed by atoms with Gasteiger partial charge in [0.15, 0.2) is 11.4 Å². The van der Waals surface area contributed by atoms with Crippen molar-refractivity contribution in [3.05, 3.63) is 83.5 Å². The molecule has 2 aromatic rings. The Hall–Kier alpha value is -3.81. The summed E-state index contributed by atoms with van der Waals surface area (Å²) >= 11 is 0. The van der Waals surface area contributed by atoms with Gasteiger partial charge in [-0.1, -0.05) is 24.3 Å². The molecule has 0 radical (unpaired) electrons. The van der Waals surface area contributed by atoms with Crippen LogP contribution in [-0.2, 0) is 20.9 Å². The standard InChI is InChI=1S/C30H30FN3O4/c1-19(21-4-5-21)34(16-20-2-6-23(31)7-3-20)27(35)17-33-18-30(38-29(33)37)13-10-25-26(30)9-8-24(28(25)36)22-11-14-32-15-12-22/h2-3,6-9,11-12,14-15,19,21,25H,4-5,10,13,16-18H2,1H3/t19-,25?,30-/m0/s1. The molecule has 3 aliphatic carbocycles. The first-order valence-electron chi connectivity index (χ1n) is 13.2. The Labute approximate surface area is 221 Å². The van der Waals surface area contributed by atoms with E-state index in [0.717, 1.165) is 29.5 Å². The molecule has 1 aliphatic heterocycles. The molecule has 4 aliphatic rings. The van der Waals surface area contributed by atoms with Crippen LogP contribution in [0, 0.1) is 17.7 Å². The molecule has 1 spiro atoms. The number of fused-ring (bicyclic) bond motifs is 2. The van der Waals surface area contributed by atoms with Crippen LogP contribution in [0.15, 0.2) is 66.5 Å². The Morgan fingerprint density at radius 3 is 2.58 bits per heavy atom. The summed E-state index contributed by atoms with van der Waals surface area (Å²) in [5, 5.41) is 0. The SMILES string of the molecule is C[C@@H](C1CC1)N(Cc1ccc(F)cc1)C(=O)CN1C[C@]2(CCC3C(=O)C(c4ccncc4)=CC=C32)OC1=O. The first-order chi connectivity index (χ1) is 18.3. The lowest BCUT2D eigenvalue weighted by Crippen LogP contribution is -2.46. The van der Waals surface area contributed by atoms with Gasteiger partial charge in [-0.3, -0.25) is 19.5 Å². The average Bonchev–Trinajstić information content (AvgIpc) is 3.65. The molecule has 1 aromatic heterocycles. The first kappa shape index (κ1) is 24.5. The van der Waals surface area contributed by atoms with Crippen molar-refractivity contribution in [3.8, 4) is 0 Å². The third-order valence-corrected chi connectivity index (χ3v) is 8.44. The van der Waals surface area contributed by atoms with Crippen molar-refractivity contribution in [3.63, 3.8) is 0 Å². The number of benzene rings is 1. The zero-order valence-corrected chi connectivity index (χ0v) is 21.3. The molecular weight excluding hydrogens is 485 g/mol. The number of carbonyl (C=O) groups excluding carboxylic acids is 3. The predicted molar refractivity (Wildman–Crippen MR) is 138 cm³/mol. The van der Waals surface area contributed by atoms with Crippen LogP contribution in [0.1, 0.15) is 43.7 Å². The van der Waals surface area contributed by atoms with Gasteiger partial charge in [0.25, 0.3) is 0 Å².